The van der Waals surface area contributed by atoms with E-state index in [0.717, 1.165) is 43.3 Å². The molecule has 3 atom stereocenters. The van der Waals surface area contributed by atoms with Gasteiger partial charge in [0.25, 0.3) is 0 Å². The molecule has 3 nitrogen and oxygen atoms in total. The van der Waals surface area contributed by atoms with Crippen LogP contribution in [-0.4, -0.2) is 30.0 Å². The van der Waals surface area contributed by atoms with Crippen molar-refractivity contribution in [3.63, 3.8) is 0 Å². The van der Waals surface area contributed by atoms with Crippen molar-refractivity contribution in [2.45, 2.75) is 30.4 Å². The fourth-order valence-corrected chi connectivity index (χ4v) is 5.66. The van der Waals surface area contributed by atoms with Gasteiger partial charge in [-0.25, -0.2) is 4.39 Å². The first-order valence-electron chi connectivity index (χ1n) is 11.3. The Hall–Kier alpha value is -2.50. The number of hydrogen-bond donors (Lipinski definition) is 0. The molecule has 2 aliphatic rings. The first-order chi connectivity index (χ1) is 15.7. The molecule has 0 N–H and O–H groups in total. The van der Waals surface area contributed by atoms with Crippen molar-refractivity contribution < 1.29 is 13.9 Å². The SMILES string of the molecule is Fc1ccc(O[C@H]2C[C@@H]3CN(CSc4ccc(OCc5ccccc5)cc4)C[C@@H]3C2)cc1. The van der Waals surface area contributed by atoms with Crippen molar-refractivity contribution in [1.29, 1.82) is 0 Å². The van der Waals surface area contributed by atoms with E-state index in [2.05, 4.69) is 41.3 Å². The Kier molecular flexibility index (Phi) is 6.65. The molecule has 1 saturated heterocycles. The van der Waals surface area contributed by atoms with Gasteiger partial charge in [0.05, 0.1) is 6.10 Å². The van der Waals surface area contributed by atoms with Gasteiger partial charge in [-0.05, 0) is 78.8 Å². The Morgan fingerprint density at radius 3 is 2.16 bits per heavy atom. The van der Waals surface area contributed by atoms with Crippen molar-refractivity contribution in [2.75, 3.05) is 19.0 Å². The number of benzene rings is 3. The molecule has 0 amide bonds. The first-order valence-corrected chi connectivity index (χ1v) is 12.2. The summed E-state index contributed by atoms with van der Waals surface area (Å²) in [6.45, 7) is 2.87. The van der Waals surface area contributed by atoms with Gasteiger partial charge in [-0.15, -0.1) is 11.8 Å². The van der Waals surface area contributed by atoms with Crippen LogP contribution in [0.15, 0.2) is 83.8 Å². The molecule has 0 bridgehead atoms. The average molecular weight is 450 g/mol. The van der Waals surface area contributed by atoms with Gasteiger partial charge in [0.15, 0.2) is 0 Å². The van der Waals surface area contributed by atoms with Crippen LogP contribution in [0.25, 0.3) is 0 Å². The number of likely N-dealkylation sites (tertiary alicyclic amines) is 1. The predicted octanol–water partition coefficient (Wildman–Crippen LogP) is 6.24. The van der Waals surface area contributed by atoms with Crippen LogP contribution in [0.5, 0.6) is 11.5 Å². The molecule has 1 heterocycles. The molecular weight excluding hydrogens is 421 g/mol. The van der Waals surface area contributed by atoms with E-state index in [1.807, 2.05) is 30.0 Å². The maximum atomic E-state index is 13.1. The molecule has 5 heteroatoms. The highest BCUT2D eigenvalue weighted by atomic mass is 32.2. The third kappa shape index (κ3) is 5.45. The molecule has 0 radical (unpaired) electrons. The molecule has 0 aromatic heterocycles. The summed E-state index contributed by atoms with van der Waals surface area (Å²) in [6, 6.07) is 25.0. The van der Waals surface area contributed by atoms with Gasteiger partial charge in [0.2, 0.25) is 0 Å². The lowest BCUT2D eigenvalue weighted by atomic mass is 10.0. The zero-order chi connectivity index (χ0) is 21.8. The summed E-state index contributed by atoms with van der Waals surface area (Å²) in [5.74, 6) is 3.88. The molecule has 0 unspecified atom stereocenters. The molecule has 1 saturated carbocycles. The Morgan fingerprint density at radius 1 is 0.812 bits per heavy atom. The fourth-order valence-electron chi connectivity index (χ4n) is 4.79. The summed E-state index contributed by atoms with van der Waals surface area (Å²) in [6.07, 6.45) is 2.45. The van der Waals surface area contributed by atoms with Crippen LogP contribution < -0.4 is 9.47 Å². The summed E-state index contributed by atoms with van der Waals surface area (Å²) in [5, 5.41) is 0. The van der Waals surface area contributed by atoms with Gasteiger partial charge < -0.3 is 9.47 Å². The van der Waals surface area contributed by atoms with Crippen LogP contribution >= 0.6 is 11.8 Å². The maximum Gasteiger partial charge on any atom is 0.123 e. The van der Waals surface area contributed by atoms with E-state index in [4.69, 9.17) is 9.47 Å². The standard InChI is InChI=1S/C27H28FNO2S/c28-23-6-8-25(9-7-23)31-26-14-21-16-29(17-22(21)15-26)19-32-27-12-10-24(11-13-27)30-18-20-4-2-1-3-5-20/h1-13,21-22,26H,14-19H2/t21-,22+,26+. The minimum absolute atomic E-state index is 0.219. The van der Waals surface area contributed by atoms with Crippen molar-refractivity contribution in [1.82, 2.24) is 4.90 Å². The summed E-state index contributed by atoms with van der Waals surface area (Å²) >= 11 is 1.89. The van der Waals surface area contributed by atoms with E-state index >= 15 is 0 Å². The summed E-state index contributed by atoms with van der Waals surface area (Å²) < 4.78 is 25.0. The summed E-state index contributed by atoms with van der Waals surface area (Å²) in [4.78, 5) is 3.83. The normalized spacial score (nSPS) is 22.6. The Bertz CT molecular complexity index is 982. The molecule has 2 fully saturated rings. The van der Waals surface area contributed by atoms with E-state index in [1.54, 1.807) is 12.1 Å². The second-order valence-corrected chi connectivity index (χ2v) is 9.76. The van der Waals surface area contributed by atoms with E-state index < -0.39 is 0 Å². The second kappa shape index (κ2) is 9.97. The lowest BCUT2D eigenvalue weighted by molar-refractivity contribution is 0.189. The van der Waals surface area contributed by atoms with Gasteiger partial charge in [-0.2, -0.15) is 0 Å². The van der Waals surface area contributed by atoms with Crippen LogP contribution in [0, 0.1) is 17.7 Å². The van der Waals surface area contributed by atoms with Crippen LogP contribution in [0.4, 0.5) is 4.39 Å². The quantitative estimate of drug-likeness (QED) is 0.379. The summed E-state index contributed by atoms with van der Waals surface area (Å²) in [7, 11) is 0. The van der Waals surface area contributed by atoms with E-state index in [-0.39, 0.29) is 11.9 Å². The zero-order valence-corrected chi connectivity index (χ0v) is 18.8. The second-order valence-electron chi connectivity index (χ2n) is 8.74. The van der Waals surface area contributed by atoms with E-state index in [9.17, 15) is 4.39 Å². The molecule has 3 aromatic rings. The number of fused-ring (bicyclic) bond motifs is 1. The van der Waals surface area contributed by atoms with Gasteiger partial charge in [0, 0.05) is 23.9 Å². The first kappa shape index (κ1) is 21.4. The average Bonchev–Trinajstić information content (AvgIpc) is 3.37. The van der Waals surface area contributed by atoms with Crippen molar-refractivity contribution in [3.8, 4) is 11.5 Å². The molecule has 3 aromatic carbocycles. The minimum atomic E-state index is -0.219. The molecule has 1 aliphatic heterocycles. The lowest BCUT2D eigenvalue weighted by Gasteiger charge is -2.19. The highest BCUT2D eigenvalue weighted by Crippen LogP contribution is 2.40. The van der Waals surface area contributed by atoms with Gasteiger partial charge >= 0.3 is 0 Å². The monoisotopic (exact) mass is 449 g/mol. The molecule has 5 rings (SSSR count). The number of thioether (sulfide) groups is 1. The highest BCUT2D eigenvalue weighted by molar-refractivity contribution is 7.99. The van der Waals surface area contributed by atoms with Crippen molar-refractivity contribution >= 4 is 11.8 Å². The summed E-state index contributed by atoms with van der Waals surface area (Å²) in [5.41, 5.74) is 1.18. The molecule has 0 spiro atoms. The molecule has 166 valence electrons. The molecular formula is C27H28FNO2S. The highest BCUT2D eigenvalue weighted by Gasteiger charge is 2.41. The topological polar surface area (TPSA) is 21.7 Å². The number of nitrogens with zero attached hydrogens (tertiary/aromatic N) is 1. The zero-order valence-electron chi connectivity index (χ0n) is 18.0. The van der Waals surface area contributed by atoms with Gasteiger partial charge in [-0.1, -0.05) is 30.3 Å². The van der Waals surface area contributed by atoms with Crippen LogP contribution in [0.1, 0.15) is 18.4 Å². The van der Waals surface area contributed by atoms with Gasteiger partial charge in [-0.3, -0.25) is 4.90 Å². The van der Waals surface area contributed by atoms with Crippen molar-refractivity contribution in [3.05, 3.63) is 90.2 Å². The lowest BCUT2D eigenvalue weighted by Crippen LogP contribution is -2.24. The van der Waals surface area contributed by atoms with E-state index in [1.165, 1.54) is 22.6 Å². The third-order valence-electron chi connectivity index (χ3n) is 6.39. The van der Waals surface area contributed by atoms with E-state index in [0.29, 0.717) is 18.4 Å². The number of hydrogen-bond acceptors (Lipinski definition) is 4. The largest absolute Gasteiger partial charge is 0.490 e. The Balaban J connectivity index is 1.04. The molecule has 1 aliphatic carbocycles. The third-order valence-corrected chi connectivity index (χ3v) is 7.49. The number of rotatable bonds is 8. The predicted molar refractivity (Wildman–Crippen MR) is 127 cm³/mol. The van der Waals surface area contributed by atoms with Gasteiger partial charge in [0.1, 0.15) is 23.9 Å². The van der Waals surface area contributed by atoms with Crippen molar-refractivity contribution in [2.24, 2.45) is 11.8 Å². The number of halogens is 1. The Labute approximate surface area is 193 Å². The minimum Gasteiger partial charge on any atom is -0.490 e. The van der Waals surface area contributed by atoms with Crippen LogP contribution in [0.2, 0.25) is 0 Å². The van der Waals surface area contributed by atoms with Crippen LogP contribution in [0.3, 0.4) is 0 Å². The number of ether oxygens (including phenoxy) is 2. The fraction of sp³-hybridized carbons (Fsp3) is 0.333. The smallest absolute Gasteiger partial charge is 0.123 e. The van der Waals surface area contributed by atoms with Crippen LogP contribution in [-0.2, 0) is 6.61 Å². The maximum absolute atomic E-state index is 13.1. The molecule has 32 heavy (non-hydrogen) atoms. The Morgan fingerprint density at radius 2 is 1.47 bits per heavy atom.